The molecule has 2 aromatic rings. The fraction of sp³-hybridized carbons (Fsp3) is 0.467. The Hall–Kier alpha value is -2.80. The van der Waals surface area contributed by atoms with Crippen LogP contribution in [0, 0.1) is 5.82 Å². The van der Waals surface area contributed by atoms with Crippen LogP contribution in [0.1, 0.15) is 76.7 Å². The number of carbonyl (C=O) groups is 1. The number of thioether (sulfide) groups is 1. The molecule has 0 saturated carbocycles. The Morgan fingerprint density at radius 3 is 2.24 bits per heavy atom. The predicted octanol–water partition coefficient (Wildman–Crippen LogP) is 8.12. The van der Waals surface area contributed by atoms with Crippen molar-refractivity contribution in [3.63, 3.8) is 0 Å². The number of aliphatic imine (C=N–C) groups is 1. The van der Waals surface area contributed by atoms with Crippen LogP contribution < -0.4 is 9.47 Å². The fourth-order valence-corrected chi connectivity index (χ4v) is 5.50. The zero-order chi connectivity index (χ0) is 25.9. The minimum absolute atomic E-state index is 0.0447. The first-order chi connectivity index (χ1) is 18.1. The standard InChI is InChI=1S/C30H37FN2O3S/c1-2-3-4-5-6-7-8-9-10-11-18-33-29(34)28(37-30(33)32-25-15-13-24(31)14-16-25)22-23-12-17-26-27(21-23)36-20-19-35-26/h12-17,21-22H,2-11,18-20H2,1H3/b28-22-,32-30-. The van der Waals surface area contributed by atoms with Crippen LogP contribution >= 0.6 is 11.8 Å². The van der Waals surface area contributed by atoms with Gasteiger partial charge in [-0.2, -0.15) is 0 Å². The highest BCUT2D eigenvalue weighted by atomic mass is 32.2. The van der Waals surface area contributed by atoms with Gasteiger partial charge in [0.05, 0.1) is 10.6 Å². The molecule has 0 spiro atoms. The molecule has 37 heavy (non-hydrogen) atoms. The van der Waals surface area contributed by atoms with Gasteiger partial charge in [0.15, 0.2) is 16.7 Å². The highest BCUT2D eigenvalue weighted by molar-refractivity contribution is 8.18. The van der Waals surface area contributed by atoms with Gasteiger partial charge in [0.2, 0.25) is 0 Å². The summed E-state index contributed by atoms with van der Waals surface area (Å²) in [6.07, 6.45) is 14.3. The molecule has 0 bridgehead atoms. The lowest BCUT2D eigenvalue weighted by molar-refractivity contribution is -0.122. The molecule has 0 aromatic heterocycles. The van der Waals surface area contributed by atoms with Crippen molar-refractivity contribution in [3.05, 3.63) is 58.8 Å². The second-order valence-electron chi connectivity index (χ2n) is 9.52. The Bertz CT molecular complexity index is 1100. The smallest absolute Gasteiger partial charge is 0.266 e. The van der Waals surface area contributed by atoms with Crippen LogP contribution in [-0.4, -0.2) is 35.7 Å². The molecule has 0 aliphatic carbocycles. The van der Waals surface area contributed by atoms with Crippen LogP contribution in [0.25, 0.3) is 6.08 Å². The summed E-state index contributed by atoms with van der Waals surface area (Å²) in [6, 6.07) is 11.7. The largest absolute Gasteiger partial charge is 0.486 e. The van der Waals surface area contributed by atoms with Crippen LogP contribution in [0.4, 0.5) is 10.1 Å². The van der Waals surface area contributed by atoms with Gasteiger partial charge in [0, 0.05) is 6.54 Å². The maximum atomic E-state index is 13.4. The Balaban J connectivity index is 1.38. The van der Waals surface area contributed by atoms with Crippen LogP contribution in [0.2, 0.25) is 0 Å². The Labute approximate surface area is 224 Å². The summed E-state index contributed by atoms with van der Waals surface area (Å²) in [5.41, 5.74) is 1.51. The molecule has 1 saturated heterocycles. The molecular weight excluding hydrogens is 487 g/mol. The number of unbranched alkanes of at least 4 members (excludes halogenated alkanes) is 9. The normalized spacial score (nSPS) is 17.2. The summed E-state index contributed by atoms with van der Waals surface area (Å²) < 4.78 is 24.7. The predicted molar refractivity (Wildman–Crippen MR) is 150 cm³/mol. The van der Waals surface area contributed by atoms with Crippen LogP contribution in [0.3, 0.4) is 0 Å². The third kappa shape index (κ3) is 8.09. The van der Waals surface area contributed by atoms with Gasteiger partial charge >= 0.3 is 0 Å². The van der Waals surface area contributed by atoms with Crippen LogP contribution in [0.5, 0.6) is 11.5 Å². The van der Waals surface area contributed by atoms with E-state index in [0.717, 1.165) is 24.2 Å². The SMILES string of the molecule is CCCCCCCCCCCCN1C(=O)/C(=C/c2ccc3c(c2)OCCO3)S/C1=N\c1ccc(F)cc1. The first-order valence-electron chi connectivity index (χ1n) is 13.6. The molecule has 7 heteroatoms. The molecule has 2 aromatic carbocycles. The zero-order valence-electron chi connectivity index (χ0n) is 21.7. The molecule has 0 unspecified atom stereocenters. The second-order valence-corrected chi connectivity index (χ2v) is 10.5. The topological polar surface area (TPSA) is 51.1 Å². The summed E-state index contributed by atoms with van der Waals surface area (Å²) in [6.45, 7) is 3.93. The lowest BCUT2D eigenvalue weighted by atomic mass is 10.1. The van der Waals surface area contributed by atoms with E-state index in [0.29, 0.717) is 41.3 Å². The van der Waals surface area contributed by atoms with Gasteiger partial charge < -0.3 is 9.47 Å². The molecule has 0 radical (unpaired) electrons. The average Bonchev–Trinajstić information content (AvgIpc) is 3.19. The molecular formula is C30H37FN2O3S. The number of ether oxygens (including phenoxy) is 2. The number of nitrogens with zero attached hydrogens (tertiary/aromatic N) is 2. The molecule has 1 fully saturated rings. The summed E-state index contributed by atoms with van der Waals surface area (Å²) >= 11 is 1.36. The first-order valence-corrected chi connectivity index (χ1v) is 14.4. The van der Waals surface area contributed by atoms with Crippen molar-refractivity contribution in [2.75, 3.05) is 19.8 Å². The minimum Gasteiger partial charge on any atom is -0.486 e. The molecule has 0 atom stereocenters. The number of fused-ring (bicyclic) bond motifs is 1. The number of amides is 1. The van der Waals surface area contributed by atoms with E-state index in [1.54, 1.807) is 17.0 Å². The van der Waals surface area contributed by atoms with Gasteiger partial charge in [-0.1, -0.05) is 70.8 Å². The van der Waals surface area contributed by atoms with E-state index in [1.165, 1.54) is 75.3 Å². The van der Waals surface area contributed by atoms with Gasteiger partial charge in [-0.25, -0.2) is 9.38 Å². The summed E-state index contributed by atoms with van der Waals surface area (Å²) in [7, 11) is 0. The summed E-state index contributed by atoms with van der Waals surface area (Å²) in [5.74, 6) is 1.07. The van der Waals surface area contributed by atoms with E-state index in [1.807, 2.05) is 24.3 Å². The molecule has 198 valence electrons. The van der Waals surface area contributed by atoms with Crippen molar-refractivity contribution in [3.8, 4) is 11.5 Å². The number of hydrogen-bond acceptors (Lipinski definition) is 5. The number of halogens is 1. The van der Waals surface area contributed by atoms with Crippen LogP contribution in [0.15, 0.2) is 52.4 Å². The third-order valence-electron chi connectivity index (χ3n) is 6.54. The lowest BCUT2D eigenvalue weighted by Crippen LogP contribution is -2.30. The van der Waals surface area contributed by atoms with Gasteiger partial charge in [-0.3, -0.25) is 9.69 Å². The van der Waals surface area contributed by atoms with E-state index < -0.39 is 0 Å². The maximum Gasteiger partial charge on any atom is 0.266 e. The number of rotatable bonds is 13. The number of carbonyl (C=O) groups excluding carboxylic acids is 1. The highest BCUT2D eigenvalue weighted by Gasteiger charge is 2.33. The Morgan fingerprint density at radius 1 is 0.892 bits per heavy atom. The number of benzene rings is 2. The highest BCUT2D eigenvalue weighted by Crippen LogP contribution is 2.36. The fourth-order valence-electron chi connectivity index (χ4n) is 4.47. The molecule has 0 N–H and O–H groups in total. The molecule has 2 aliphatic rings. The zero-order valence-corrected chi connectivity index (χ0v) is 22.5. The molecule has 1 amide bonds. The first kappa shape index (κ1) is 27.2. The van der Waals surface area contributed by atoms with Crippen molar-refractivity contribution >= 4 is 34.6 Å². The summed E-state index contributed by atoms with van der Waals surface area (Å²) in [4.78, 5) is 20.5. The molecule has 2 heterocycles. The third-order valence-corrected chi connectivity index (χ3v) is 7.55. The maximum absolute atomic E-state index is 13.4. The van der Waals surface area contributed by atoms with E-state index in [9.17, 15) is 9.18 Å². The van der Waals surface area contributed by atoms with E-state index in [2.05, 4.69) is 11.9 Å². The summed E-state index contributed by atoms with van der Waals surface area (Å²) in [5, 5.41) is 0.635. The van der Waals surface area contributed by atoms with Crippen molar-refractivity contribution in [2.45, 2.75) is 71.1 Å². The van der Waals surface area contributed by atoms with Gasteiger partial charge in [-0.05, 0) is 66.2 Å². The monoisotopic (exact) mass is 524 g/mol. The molecule has 2 aliphatic heterocycles. The van der Waals surface area contributed by atoms with E-state index in [-0.39, 0.29) is 11.7 Å². The van der Waals surface area contributed by atoms with E-state index in [4.69, 9.17) is 9.47 Å². The number of hydrogen-bond donors (Lipinski definition) is 0. The van der Waals surface area contributed by atoms with Gasteiger partial charge in [0.25, 0.3) is 5.91 Å². The number of amidine groups is 1. The van der Waals surface area contributed by atoms with Crippen LogP contribution in [-0.2, 0) is 4.79 Å². The van der Waals surface area contributed by atoms with Gasteiger partial charge in [0.1, 0.15) is 19.0 Å². The van der Waals surface area contributed by atoms with E-state index >= 15 is 0 Å². The Kier molecular flexibility index (Phi) is 10.5. The molecule has 5 nitrogen and oxygen atoms in total. The van der Waals surface area contributed by atoms with Gasteiger partial charge in [-0.15, -0.1) is 0 Å². The molecule has 4 rings (SSSR count). The minimum atomic E-state index is -0.305. The Morgan fingerprint density at radius 2 is 1.54 bits per heavy atom. The second kappa shape index (κ2) is 14.2. The van der Waals surface area contributed by atoms with Crippen molar-refractivity contribution in [1.29, 1.82) is 0 Å². The van der Waals surface area contributed by atoms with Crippen molar-refractivity contribution in [2.24, 2.45) is 4.99 Å². The van der Waals surface area contributed by atoms with Crippen molar-refractivity contribution in [1.82, 2.24) is 4.90 Å². The average molecular weight is 525 g/mol. The quantitative estimate of drug-likeness (QED) is 0.196. The lowest BCUT2D eigenvalue weighted by Gasteiger charge is -2.18. The van der Waals surface area contributed by atoms with Crippen molar-refractivity contribution < 1.29 is 18.7 Å².